The van der Waals surface area contributed by atoms with E-state index >= 15 is 0 Å². The molecule has 0 saturated heterocycles. The number of nitrogens with two attached hydrogens (primary N) is 1. The van der Waals surface area contributed by atoms with Crippen LogP contribution in [0.3, 0.4) is 0 Å². The number of amides is 1. The molecule has 20 heavy (non-hydrogen) atoms. The van der Waals surface area contributed by atoms with Gasteiger partial charge in [-0.2, -0.15) is 0 Å². The standard InChI is InChI=1S/C16H24N2O2/c1-3-13(17)9-12-8-11(2)4-7-15(12)20-10-16(19)18-14-5-6-14/h4,7-8,13-14H,3,5-6,9-10,17H2,1-2H3,(H,18,19). The molecule has 0 bridgehead atoms. The minimum Gasteiger partial charge on any atom is -0.483 e. The molecule has 0 aliphatic heterocycles. The van der Waals surface area contributed by atoms with Gasteiger partial charge in [0, 0.05) is 12.1 Å². The van der Waals surface area contributed by atoms with Gasteiger partial charge in [-0.1, -0.05) is 24.6 Å². The minimum atomic E-state index is -0.0428. The summed E-state index contributed by atoms with van der Waals surface area (Å²) in [6, 6.07) is 6.51. The van der Waals surface area contributed by atoms with Crippen LogP contribution in [0.4, 0.5) is 0 Å². The molecule has 0 radical (unpaired) electrons. The van der Waals surface area contributed by atoms with Crippen molar-refractivity contribution < 1.29 is 9.53 Å². The lowest BCUT2D eigenvalue weighted by Crippen LogP contribution is -2.30. The van der Waals surface area contributed by atoms with Crippen molar-refractivity contribution >= 4 is 5.91 Å². The summed E-state index contributed by atoms with van der Waals surface area (Å²) in [6.07, 6.45) is 3.88. The maximum absolute atomic E-state index is 11.7. The Labute approximate surface area is 120 Å². The second-order valence-corrected chi connectivity index (χ2v) is 5.61. The predicted molar refractivity (Wildman–Crippen MR) is 79.8 cm³/mol. The van der Waals surface area contributed by atoms with Gasteiger partial charge < -0.3 is 15.8 Å². The summed E-state index contributed by atoms with van der Waals surface area (Å²) >= 11 is 0. The van der Waals surface area contributed by atoms with Gasteiger partial charge in [-0.15, -0.1) is 0 Å². The minimum absolute atomic E-state index is 0.0428. The first-order chi connectivity index (χ1) is 9.58. The zero-order valence-corrected chi connectivity index (χ0v) is 12.3. The van der Waals surface area contributed by atoms with Crippen molar-refractivity contribution in [3.8, 4) is 5.75 Å². The molecular weight excluding hydrogens is 252 g/mol. The lowest BCUT2D eigenvalue weighted by atomic mass is 10.0. The highest BCUT2D eigenvalue weighted by Gasteiger charge is 2.23. The fourth-order valence-electron chi connectivity index (χ4n) is 2.08. The van der Waals surface area contributed by atoms with Crippen molar-refractivity contribution in [3.63, 3.8) is 0 Å². The summed E-state index contributed by atoms with van der Waals surface area (Å²) in [4.78, 5) is 11.7. The monoisotopic (exact) mass is 276 g/mol. The Morgan fingerprint density at radius 3 is 2.90 bits per heavy atom. The summed E-state index contributed by atoms with van der Waals surface area (Å²) in [5.41, 5.74) is 8.28. The molecule has 1 atom stereocenters. The van der Waals surface area contributed by atoms with Crippen molar-refractivity contribution in [1.29, 1.82) is 0 Å². The first-order valence-electron chi connectivity index (χ1n) is 7.35. The van der Waals surface area contributed by atoms with Gasteiger partial charge in [0.05, 0.1) is 0 Å². The summed E-state index contributed by atoms with van der Waals surface area (Å²) in [5.74, 6) is 0.726. The summed E-state index contributed by atoms with van der Waals surface area (Å²) < 4.78 is 5.66. The van der Waals surface area contributed by atoms with E-state index in [0.29, 0.717) is 6.04 Å². The Morgan fingerprint density at radius 2 is 2.25 bits per heavy atom. The van der Waals surface area contributed by atoms with Crippen LogP contribution < -0.4 is 15.8 Å². The molecule has 1 amide bonds. The van der Waals surface area contributed by atoms with E-state index in [1.807, 2.05) is 19.1 Å². The number of carbonyl (C=O) groups is 1. The molecule has 1 aromatic carbocycles. The maximum atomic E-state index is 11.7. The number of hydrogen-bond donors (Lipinski definition) is 2. The van der Waals surface area contributed by atoms with Crippen molar-refractivity contribution in [2.24, 2.45) is 5.73 Å². The Morgan fingerprint density at radius 1 is 1.50 bits per heavy atom. The molecule has 1 aliphatic rings. The van der Waals surface area contributed by atoms with Gasteiger partial charge in [0.2, 0.25) is 0 Å². The van der Waals surface area contributed by atoms with Gasteiger partial charge in [0.1, 0.15) is 5.75 Å². The summed E-state index contributed by atoms with van der Waals surface area (Å²) in [6.45, 7) is 4.20. The largest absolute Gasteiger partial charge is 0.483 e. The highest BCUT2D eigenvalue weighted by atomic mass is 16.5. The van der Waals surface area contributed by atoms with Gasteiger partial charge >= 0.3 is 0 Å². The Kier molecular flexibility index (Phi) is 5.01. The van der Waals surface area contributed by atoms with Crippen molar-refractivity contribution in [1.82, 2.24) is 5.32 Å². The van der Waals surface area contributed by atoms with Crippen LogP contribution in [0.2, 0.25) is 0 Å². The lowest BCUT2D eigenvalue weighted by Gasteiger charge is -2.15. The number of aryl methyl sites for hydroxylation is 1. The van der Waals surface area contributed by atoms with Crippen molar-refractivity contribution in [2.45, 2.75) is 51.6 Å². The lowest BCUT2D eigenvalue weighted by molar-refractivity contribution is -0.123. The zero-order valence-electron chi connectivity index (χ0n) is 12.3. The fourth-order valence-corrected chi connectivity index (χ4v) is 2.08. The topological polar surface area (TPSA) is 64.3 Å². The smallest absolute Gasteiger partial charge is 0.258 e. The molecule has 2 rings (SSSR count). The van der Waals surface area contributed by atoms with E-state index in [4.69, 9.17) is 10.5 Å². The fraction of sp³-hybridized carbons (Fsp3) is 0.562. The number of carbonyl (C=O) groups excluding carboxylic acids is 1. The molecular formula is C16H24N2O2. The molecule has 4 nitrogen and oxygen atoms in total. The normalized spacial score (nSPS) is 15.8. The molecule has 1 fully saturated rings. The summed E-state index contributed by atoms with van der Waals surface area (Å²) in [5, 5.41) is 2.92. The van der Waals surface area contributed by atoms with E-state index < -0.39 is 0 Å². The van der Waals surface area contributed by atoms with Crippen LogP contribution in [0.15, 0.2) is 18.2 Å². The van der Waals surface area contributed by atoms with Gasteiger partial charge in [-0.05, 0) is 44.2 Å². The zero-order chi connectivity index (χ0) is 14.5. The van der Waals surface area contributed by atoms with Crippen molar-refractivity contribution in [3.05, 3.63) is 29.3 Å². The number of ether oxygens (including phenoxy) is 1. The van der Waals surface area contributed by atoms with Crippen LogP contribution in [0.1, 0.15) is 37.3 Å². The number of rotatable bonds is 7. The van der Waals surface area contributed by atoms with Gasteiger partial charge in [0.25, 0.3) is 5.91 Å². The van der Waals surface area contributed by atoms with Crippen LogP contribution in [0, 0.1) is 6.92 Å². The maximum Gasteiger partial charge on any atom is 0.258 e. The Hall–Kier alpha value is -1.55. The SMILES string of the molecule is CCC(N)Cc1cc(C)ccc1OCC(=O)NC1CC1. The van der Waals surface area contributed by atoms with Gasteiger partial charge in [-0.25, -0.2) is 0 Å². The number of hydrogen-bond acceptors (Lipinski definition) is 3. The van der Waals surface area contributed by atoms with E-state index in [1.165, 1.54) is 5.56 Å². The third-order valence-electron chi connectivity index (χ3n) is 3.52. The molecule has 110 valence electrons. The molecule has 0 heterocycles. The van der Waals surface area contributed by atoms with Crippen LogP contribution in [0.25, 0.3) is 0 Å². The quantitative estimate of drug-likeness (QED) is 0.800. The van der Waals surface area contributed by atoms with E-state index in [0.717, 1.165) is 37.0 Å². The van der Waals surface area contributed by atoms with Gasteiger partial charge in [-0.3, -0.25) is 4.79 Å². The molecule has 4 heteroatoms. The average Bonchev–Trinajstić information content (AvgIpc) is 3.21. The first-order valence-corrected chi connectivity index (χ1v) is 7.35. The highest BCUT2D eigenvalue weighted by Crippen LogP contribution is 2.22. The highest BCUT2D eigenvalue weighted by molar-refractivity contribution is 5.78. The van der Waals surface area contributed by atoms with E-state index in [1.54, 1.807) is 0 Å². The van der Waals surface area contributed by atoms with Crippen LogP contribution in [-0.4, -0.2) is 24.6 Å². The number of nitrogens with one attached hydrogen (secondary N) is 1. The van der Waals surface area contributed by atoms with Crippen LogP contribution in [-0.2, 0) is 11.2 Å². The Bertz CT molecular complexity index is 470. The first kappa shape index (κ1) is 14.9. The van der Waals surface area contributed by atoms with Crippen LogP contribution in [0.5, 0.6) is 5.75 Å². The van der Waals surface area contributed by atoms with E-state index in [2.05, 4.69) is 18.3 Å². The van der Waals surface area contributed by atoms with Crippen LogP contribution >= 0.6 is 0 Å². The predicted octanol–water partition coefficient (Wildman–Crippen LogP) is 1.93. The molecule has 3 N–H and O–H groups in total. The second kappa shape index (κ2) is 6.75. The van der Waals surface area contributed by atoms with E-state index in [-0.39, 0.29) is 18.6 Å². The molecule has 1 unspecified atom stereocenters. The third kappa shape index (κ3) is 4.53. The van der Waals surface area contributed by atoms with Crippen molar-refractivity contribution in [2.75, 3.05) is 6.61 Å². The number of benzene rings is 1. The molecule has 0 aromatic heterocycles. The molecule has 1 aromatic rings. The second-order valence-electron chi connectivity index (χ2n) is 5.61. The molecule has 1 saturated carbocycles. The molecule has 0 spiro atoms. The van der Waals surface area contributed by atoms with Gasteiger partial charge in [0.15, 0.2) is 6.61 Å². The third-order valence-corrected chi connectivity index (χ3v) is 3.52. The van der Waals surface area contributed by atoms with E-state index in [9.17, 15) is 4.79 Å². The Balaban J connectivity index is 1.96. The summed E-state index contributed by atoms with van der Waals surface area (Å²) in [7, 11) is 0. The average molecular weight is 276 g/mol. The molecule has 1 aliphatic carbocycles.